The summed E-state index contributed by atoms with van der Waals surface area (Å²) < 4.78 is 0. The molecule has 1 unspecified atom stereocenters. The molecule has 8 nitrogen and oxygen atoms in total. The zero-order valence-electron chi connectivity index (χ0n) is 25.3. The zero-order chi connectivity index (χ0) is 33.2. The van der Waals surface area contributed by atoms with E-state index >= 15 is 0 Å². The standard InChI is InChI=1S/C38H31N3O5S/c1-25-11-8-12-26(21-25)22-33(41-35(42)28-15-6-3-7-16-28)36(43)39-31-19-10-20-32(24-31)47-34(27-13-4-2-5-14-27)37(44)40-30-18-9-17-29(23-30)38(45)46/h2-24,34H,1H3,(H,39,43)(H,40,44)(H,41,42)(H,45,46)/b33-22+. The van der Waals surface area contributed by atoms with Gasteiger partial charge >= 0.3 is 5.97 Å². The topological polar surface area (TPSA) is 125 Å². The van der Waals surface area contributed by atoms with E-state index < -0.39 is 23.0 Å². The van der Waals surface area contributed by atoms with E-state index in [9.17, 15) is 24.3 Å². The summed E-state index contributed by atoms with van der Waals surface area (Å²) in [6, 6.07) is 38.5. The number of carbonyl (C=O) groups is 4. The Labute approximate surface area is 276 Å². The number of hydrogen-bond acceptors (Lipinski definition) is 5. The first-order valence-corrected chi connectivity index (χ1v) is 15.5. The number of thioether (sulfide) groups is 1. The van der Waals surface area contributed by atoms with E-state index in [1.807, 2.05) is 67.6 Å². The van der Waals surface area contributed by atoms with Gasteiger partial charge in [0.25, 0.3) is 11.8 Å². The molecule has 0 heterocycles. The lowest BCUT2D eigenvalue weighted by Crippen LogP contribution is -2.30. The Kier molecular flexibility index (Phi) is 10.6. The molecule has 5 aromatic rings. The van der Waals surface area contributed by atoms with Crippen molar-refractivity contribution < 1.29 is 24.3 Å². The van der Waals surface area contributed by atoms with E-state index in [4.69, 9.17) is 0 Å². The van der Waals surface area contributed by atoms with Crippen molar-refractivity contribution in [3.63, 3.8) is 0 Å². The summed E-state index contributed by atoms with van der Waals surface area (Å²) in [6.45, 7) is 1.94. The number of benzene rings is 5. The average Bonchev–Trinajstić information content (AvgIpc) is 3.08. The lowest BCUT2D eigenvalue weighted by atomic mass is 10.1. The van der Waals surface area contributed by atoms with Gasteiger partial charge in [0.2, 0.25) is 5.91 Å². The molecule has 0 radical (unpaired) electrons. The Balaban J connectivity index is 1.38. The number of carboxylic acids is 1. The summed E-state index contributed by atoms with van der Waals surface area (Å²) in [5, 5.41) is 17.1. The molecule has 9 heteroatoms. The first-order valence-electron chi connectivity index (χ1n) is 14.7. The van der Waals surface area contributed by atoms with Gasteiger partial charge in [0.1, 0.15) is 10.9 Å². The zero-order valence-corrected chi connectivity index (χ0v) is 26.2. The molecule has 0 spiro atoms. The number of carbonyl (C=O) groups excluding carboxylic acids is 3. The fraction of sp³-hybridized carbons (Fsp3) is 0.0526. The quantitative estimate of drug-likeness (QED) is 0.0871. The van der Waals surface area contributed by atoms with Crippen molar-refractivity contribution in [1.82, 2.24) is 5.32 Å². The highest BCUT2D eigenvalue weighted by Crippen LogP contribution is 2.37. The van der Waals surface area contributed by atoms with Gasteiger partial charge in [0.05, 0.1) is 5.56 Å². The maximum absolute atomic E-state index is 13.6. The molecular weight excluding hydrogens is 611 g/mol. The molecule has 0 saturated heterocycles. The molecule has 0 saturated carbocycles. The SMILES string of the molecule is Cc1cccc(/C=C(/NC(=O)c2ccccc2)C(=O)Nc2cccc(SC(C(=O)Nc3cccc(C(=O)O)c3)c3ccccc3)c2)c1. The molecule has 0 fully saturated rings. The summed E-state index contributed by atoms with van der Waals surface area (Å²) in [5.74, 6) is -2.38. The van der Waals surface area contributed by atoms with Crippen LogP contribution in [0.15, 0.2) is 144 Å². The average molecular weight is 642 g/mol. The minimum Gasteiger partial charge on any atom is -0.478 e. The summed E-state index contributed by atoms with van der Waals surface area (Å²) in [6.07, 6.45) is 1.62. The third-order valence-corrected chi connectivity index (χ3v) is 8.19. The van der Waals surface area contributed by atoms with Crippen LogP contribution in [-0.2, 0) is 9.59 Å². The number of amides is 3. The third-order valence-electron chi connectivity index (χ3n) is 6.95. The first-order chi connectivity index (χ1) is 22.7. The predicted octanol–water partition coefficient (Wildman–Crippen LogP) is 7.57. The van der Waals surface area contributed by atoms with Crippen molar-refractivity contribution in [3.05, 3.63) is 167 Å². The van der Waals surface area contributed by atoms with Crippen molar-refractivity contribution in [2.45, 2.75) is 17.1 Å². The van der Waals surface area contributed by atoms with E-state index in [0.29, 0.717) is 21.8 Å². The molecule has 0 aromatic heterocycles. The molecule has 4 N–H and O–H groups in total. The van der Waals surface area contributed by atoms with Crippen molar-refractivity contribution in [1.29, 1.82) is 0 Å². The number of hydrogen-bond donors (Lipinski definition) is 4. The van der Waals surface area contributed by atoms with Crippen LogP contribution in [0.25, 0.3) is 6.08 Å². The van der Waals surface area contributed by atoms with E-state index in [1.54, 1.807) is 66.7 Å². The van der Waals surface area contributed by atoms with E-state index in [1.165, 1.54) is 23.9 Å². The third kappa shape index (κ3) is 9.06. The summed E-state index contributed by atoms with van der Waals surface area (Å²) in [5.41, 5.74) is 3.86. The smallest absolute Gasteiger partial charge is 0.335 e. The second kappa shape index (κ2) is 15.4. The van der Waals surface area contributed by atoms with Crippen LogP contribution in [0.2, 0.25) is 0 Å². The molecule has 234 valence electrons. The molecule has 0 aliphatic carbocycles. The van der Waals surface area contributed by atoms with Crippen LogP contribution in [0, 0.1) is 6.92 Å². The number of rotatable bonds is 11. The minimum absolute atomic E-state index is 0.0610. The van der Waals surface area contributed by atoms with Gasteiger partial charge in [0.15, 0.2) is 0 Å². The van der Waals surface area contributed by atoms with Crippen molar-refractivity contribution in [2.75, 3.05) is 10.6 Å². The maximum atomic E-state index is 13.6. The molecule has 0 aliphatic heterocycles. The molecule has 47 heavy (non-hydrogen) atoms. The van der Waals surface area contributed by atoms with Gasteiger partial charge in [0, 0.05) is 21.8 Å². The van der Waals surface area contributed by atoms with Gasteiger partial charge in [-0.15, -0.1) is 11.8 Å². The molecule has 3 amide bonds. The Bertz CT molecular complexity index is 1940. The lowest BCUT2D eigenvalue weighted by Gasteiger charge is -2.18. The highest BCUT2D eigenvalue weighted by atomic mass is 32.2. The molecule has 1 atom stereocenters. The molecule has 0 aliphatic rings. The van der Waals surface area contributed by atoms with Gasteiger partial charge in [-0.3, -0.25) is 14.4 Å². The van der Waals surface area contributed by atoms with Crippen LogP contribution in [0.3, 0.4) is 0 Å². The normalized spacial score (nSPS) is 11.6. The fourth-order valence-electron chi connectivity index (χ4n) is 4.69. The van der Waals surface area contributed by atoms with E-state index in [2.05, 4.69) is 16.0 Å². The van der Waals surface area contributed by atoms with Crippen LogP contribution in [0.4, 0.5) is 11.4 Å². The predicted molar refractivity (Wildman–Crippen MR) is 185 cm³/mol. The van der Waals surface area contributed by atoms with Crippen LogP contribution < -0.4 is 16.0 Å². The van der Waals surface area contributed by atoms with Crippen molar-refractivity contribution in [2.24, 2.45) is 0 Å². The minimum atomic E-state index is -1.09. The number of nitrogens with one attached hydrogen (secondary N) is 3. The van der Waals surface area contributed by atoms with Crippen LogP contribution >= 0.6 is 11.8 Å². The summed E-state index contributed by atoms with van der Waals surface area (Å²) in [7, 11) is 0. The largest absolute Gasteiger partial charge is 0.478 e. The van der Waals surface area contributed by atoms with Crippen molar-refractivity contribution in [3.8, 4) is 0 Å². The molecular formula is C38H31N3O5S. The monoisotopic (exact) mass is 641 g/mol. The van der Waals surface area contributed by atoms with Crippen molar-refractivity contribution >= 4 is 52.9 Å². The molecule has 5 rings (SSSR count). The van der Waals surface area contributed by atoms with Gasteiger partial charge in [-0.25, -0.2) is 4.79 Å². The first kappa shape index (κ1) is 32.5. The van der Waals surface area contributed by atoms with Gasteiger partial charge in [-0.05, 0) is 72.7 Å². The molecule has 5 aromatic carbocycles. The van der Waals surface area contributed by atoms with E-state index in [0.717, 1.165) is 16.7 Å². The fourth-order valence-corrected chi connectivity index (χ4v) is 5.77. The van der Waals surface area contributed by atoms with Gasteiger partial charge in [-0.2, -0.15) is 0 Å². The lowest BCUT2D eigenvalue weighted by molar-refractivity contribution is -0.116. The Morgan fingerprint density at radius 3 is 2.02 bits per heavy atom. The highest BCUT2D eigenvalue weighted by molar-refractivity contribution is 8.00. The summed E-state index contributed by atoms with van der Waals surface area (Å²) >= 11 is 1.28. The Morgan fingerprint density at radius 2 is 1.32 bits per heavy atom. The van der Waals surface area contributed by atoms with Crippen LogP contribution in [0.5, 0.6) is 0 Å². The van der Waals surface area contributed by atoms with Gasteiger partial charge < -0.3 is 21.1 Å². The number of aromatic carboxylic acids is 1. The number of aryl methyl sites for hydroxylation is 1. The van der Waals surface area contributed by atoms with Gasteiger partial charge in [-0.1, -0.05) is 90.5 Å². The Hall–Kier alpha value is -5.93. The highest BCUT2D eigenvalue weighted by Gasteiger charge is 2.23. The summed E-state index contributed by atoms with van der Waals surface area (Å²) in [4.78, 5) is 52.3. The second-order valence-electron chi connectivity index (χ2n) is 10.6. The second-order valence-corrected chi connectivity index (χ2v) is 11.7. The molecule has 0 bridgehead atoms. The number of carboxylic acid groups (broad SMARTS) is 1. The van der Waals surface area contributed by atoms with E-state index in [-0.39, 0.29) is 17.2 Å². The Morgan fingerprint density at radius 1 is 0.681 bits per heavy atom. The van der Waals surface area contributed by atoms with Crippen LogP contribution in [0.1, 0.15) is 42.7 Å². The van der Waals surface area contributed by atoms with Crippen LogP contribution in [-0.4, -0.2) is 28.8 Å². The number of anilines is 2. The maximum Gasteiger partial charge on any atom is 0.335 e.